The van der Waals surface area contributed by atoms with Gasteiger partial charge in [0.05, 0.1) is 5.56 Å². The molecule has 5 heteroatoms. The second-order valence-electron chi connectivity index (χ2n) is 5.24. The number of carboxylic acid groups (broad SMARTS) is 1. The molecule has 4 nitrogen and oxygen atoms in total. The zero-order valence-electron chi connectivity index (χ0n) is 12.8. The van der Waals surface area contributed by atoms with Crippen LogP contribution in [-0.2, 0) is 4.79 Å². The fourth-order valence-electron chi connectivity index (χ4n) is 2.44. The van der Waals surface area contributed by atoms with Crippen molar-refractivity contribution in [3.8, 4) is 11.1 Å². The Balaban J connectivity index is 2.39. The number of hydrogen-bond donors (Lipinski definition) is 3. The largest absolute Gasteiger partial charge is 0.480 e. The van der Waals surface area contributed by atoms with Crippen molar-refractivity contribution in [2.75, 3.05) is 5.75 Å². The molecule has 0 aliphatic rings. The Morgan fingerprint density at radius 1 is 1.13 bits per heavy atom. The van der Waals surface area contributed by atoms with E-state index in [2.05, 4.69) is 17.9 Å². The molecule has 0 saturated carbocycles. The number of amides is 1. The van der Waals surface area contributed by atoms with Crippen LogP contribution < -0.4 is 5.32 Å². The van der Waals surface area contributed by atoms with Gasteiger partial charge in [-0.1, -0.05) is 48.5 Å². The van der Waals surface area contributed by atoms with E-state index < -0.39 is 12.0 Å². The first kappa shape index (κ1) is 17.1. The zero-order valence-corrected chi connectivity index (χ0v) is 13.7. The molecule has 0 saturated heterocycles. The summed E-state index contributed by atoms with van der Waals surface area (Å²) in [6.45, 7) is 1.84. The smallest absolute Gasteiger partial charge is 0.326 e. The van der Waals surface area contributed by atoms with E-state index >= 15 is 0 Å². The van der Waals surface area contributed by atoms with E-state index in [1.807, 2.05) is 55.5 Å². The molecule has 0 aromatic heterocycles. The molecule has 0 heterocycles. The van der Waals surface area contributed by atoms with E-state index in [4.69, 9.17) is 0 Å². The standard InChI is InChI=1S/C18H19NO3S/c1-12-6-5-9-14(13-7-3-2-4-8-13)16(12)17(20)19-15(10-11-23)18(21)22/h2-9,15,23H,10-11H2,1H3,(H,19,20)(H,21,22)/t15-/m0/s1. The highest BCUT2D eigenvalue weighted by molar-refractivity contribution is 7.80. The molecule has 2 rings (SSSR count). The van der Waals surface area contributed by atoms with Crippen molar-refractivity contribution in [1.29, 1.82) is 0 Å². The second-order valence-corrected chi connectivity index (χ2v) is 5.69. The van der Waals surface area contributed by atoms with E-state index in [1.54, 1.807) is 0 Å². The average molecular weight is 329 g/mol. The number of thiol groups is 1. The van der Waals surface area contributed by atoms with Crippen molar-refractivity contribution >= 4 is 24.5 Å². The van der Waals surface area contributed by atoms with E-state index in [1.165, 1.54) is 0 Å². The van der Waals surface area contributed by atoms with Gasteiger partial charge in [0.15, 0.2) is 0 Å². The average Bonchev–Trinajstić information content (AvgIpc) is 2.54. The minimum atomic E-state index is -1.05. The number of nitrogens with one attached hydrogen (secondary N) is 1. The maximum Gasteiger partial charge on any atom is 0.326 e. The van der Waals surface area contributed by atoms with Crippen molar-refractivity contribution < 1.29 is 14.7 Å². The fraction of sp³-hybridized carbons (Fsp3) is 0.222. The summed E-state index contributed by atoms with van der Waals surface area (Å²) in [4.78, 5) is 23.9. The second kappa shape index (κ2) is 7.83. The van der Waals surface area contributed by atoms with Crippen LogP contribution in [0.25, 0.3) is 11.1 Å². The normalized spacial score (nSPS) is 11.7. The molecule has 0 fully saturated rings. The van der Waals surface area contributed by atoms with Gasteiger partial charge in [0.25, 0.3) is 5.91 Å². The van der Waals surface area contributed by atoms with Gasteiger partial charge >= 0.3 is 5.97 Å². The molecule has 0 spiro atoms. The Hall–Kier alpha value is -2.27. The third-order valence-corrected chi connectivity index (χ3v) is 3.86. The first-order valence-electron chi connectivity index (χ1n) is 7.34. The van der Waals surface area contributed by atoms with Gasteiger partial charge in [-0.15, -0.1) is 0 Å². The molecule has 0 radical (unpaired) electrons. The highest BCUT2D eigenvalue weighted by Crippen LogP contribution is 2.26. The van der Waals surface area contributed by atoms with Gasteiger partial charge in [-0.2, -0.15) is 12.6 Å². The van der Waals surface area contributed by atoms with Gasteiger partial charge in [0.2, 0.25) is 0 Å². The molecule has 0 unspecified atom stereocenters. The minimum Gasteiger partial charge on any atom is -0.480 e. The Morgan fingerprint density at radius 2 is 1.83 bits per heavy atom. The molecule has 2 N–H and O–H groups in total. The first-order chi connectivity index (χ1) is 11.0. The fourth-order valence-corrected chi connectivity index (χ4v) is 2.70. The lowest BCUT2D eigenvalue weighted by Gasteiger charge is -2.17. The van der Waals surface area contributed by atoms with Crippen LogP contribution in [0.2, 0.25) is 0 Å². The lowest BCUT2D eigenvalue weighted by atomic mass is 9.95. The van der Waals surface area contributed by atoms with Crippen molar-refractivity contribution in [2.45, 2.75) is 19.4 Å². The van der Waals surface area contributed by atoms with Crippen LogP contribution in [0, 0.1) is 6.92 Å². The van der Waals surface area contributed by atoms with E-state index in [0.717, 1.165) is 16.7 Å². The molecule has 23 heavy (non-hydrogen) atoms. The number of carboxylic acids is 1. The molecular weight excluding hydrogens is 310 g/mol. The number of aliphatic carboxylic acids is 1. The summed E-state index contributed by atoms with van der Waals surface area (Å²) in [6.07, 6.45) is 0.275. The summed E-state index contributed by atoms with van der Waals surface area (Å²) in [5.74, 6) is -1.05. The number of carbonyl (C=O) groups is 2. The van der Waals surface area contributed by atoms with Crippen LogP contribution in [0.4, 0.5) is 0 Å². The molecule has 0 aliphatic carbocycles. The molecule has 1 atom stereocenters. The van der Waals surface area contributed by atoms with Gasteiger partial charge < -0.3 is 10.4 Å². The molecule has 0 aliphatic heterocycles. The van der Waals surface area contributed by atoms with Crippen LogP contribution in [0.1, 0.15) is 22.3 Å². The number of benzene rings is 2. The topological polar surface area (TPSA) is 66.4 Å². The van der Waals surface area contributed by atoms with Crippen molar-refractivity contribution in [3.63, 3.8) is 0 Å². The van der Waals surface area contributed by atoms with E-state index in [0.29, 0.717) is 11.3 Å². The Bertz CT molecular complexity index is 701. The summed E-state index contributed by atoms with van der Waals surface area (Å²) >= 11 is 4.05. The van der Waals surface area contributed by atoms with Gasteiger partial charge in [0.1, 0.15) is 6.04 Å². The Kier molecular flexibility index (Phi) is 5.82. The van der Waals surface area contributed by atoms with Crippen LogP contribution >= 0.6 is 12.6 Å². The number of carbonyl (C=O) groups excluding carboxylic acids is 1. The third-order valence-electron chi connectivity index (χ3n) is 3.61. The lowest BCUT2D eigenvalue weighted by Crippen LogP contribution is -2.41. The van der Waals surface area contributed by atoms with Crippen LogP contribution in [0.5, 0.6) is 0 Å². The third kappa shape index (κ3) is 4.13. The van der Waals surface area contributed by atoms with Crippen molar-refractivity contribution in [3.05, 3.63) is 59.7 Å². The van der Waals surface area contributed by atoms with Crippen molar-refractivity contribution in [2.24, 2.45) is 0 Å². The maximum atomic E-state index is 12.6. The van der Waals surface area contributed by atoms with E-state index in [9.17, 15) is 14.7 Å². The number of hydrogen-bond acceptors (Lipinski definition) is 3. The van der Waals surface area contributed by atoms with Gasteiger partial charge in [-0.3, -0.25) is 4.79 Å². The predicted molar refractivity (Wildman–Crippen MR) is 94.0 cm³/mol. The quantitative estimate of drug-likeness (QED) is 0.713. The van der Waals surface area contributed by atoms with Crippen LogP contribution in [0.3, 0.4) is 0 Å². The molecule has 120 valence electrons. The molecule has 1 amide bonds. The summed E-state index contributed by atoms with van der Waals surface area (Å²) in [5.41, 5.74) is 3.02. The van der Waals surface area contributed by atoms with Crippen LogP contribution in [0.15, 0.2) is 48.5 Å². The zero-order chi connectivity index (χ0) is 16.8. The minimum absolute atomic E-state index is 0.275. The molecule has 0 bridgehead atoms. The maximum absolute atomic E-state index is 12.6. The lowest BCUT2D eigenvalue weighted by molar-refractivity contribution is -0.139. The predicted octanol–water partition coefficient (Wildman–Crippen LogP) is 3.16. The summed E-state index contributed by atoms with van der Waals surface area (Å²) in [7, 11) is 0. The SMILES string of the molecule is Cc1cccc(-c2ccccc2)c1C(=O)N[C@@H](CCS)C(=O)O. The monoisotopic (exact) mass is 329 g/mol. The van der Waals surface area contributed by atoms with Crippen LogP contribution in [-0.4, -0.2) is 28.8 Å². The van der Waals surface area contributed by atoms with Gasteiger partial charge in [0, 0.05) is 0 Å². The summed E-state index contributed by atoms with van der Waals surface area (Å²) < 4.78 is 0. The highest BCUT2D eigenvalue weighted by Gasteiger charge is 2.22. The highest BCUT2D eigenvalue weighted by atomic mass is 32.1. The molecule has 2 aromatic carbocycles. The Labute approximate surface area is 141 Å². The van der Waals surface area contributed by atoms with Crippen molar-refractivity contribution in [1.82, 2.24) is 5.32 Å². The molecular formula is C18H19NO3S. The summed E-state index contributed by atoms with van der Waals surface area (Å²) in [5, 5.41) is 11.8. The van der Waals surface area contributed by atoms with E-state index in [-0.39, 0.29) is 12.3 Å². The molecule has 2 aromatic rings. The number of rotatable bonds is 6. The number of aryl methyl sites for hydroxylation is 1. The van der Waals surface area contributed by atoms with Gasteiger partial charge in [-0.05, 0) is 35.8 Å². The van der Waals surface area contributed by atoms with Gasteiger partial charge in [-0.25, -0.2) is 4.79 Å². The Morgan fingerprint density at radius 3 is 2.43 bits per heavy atom. The first-order valence-corrected chi connectivity index (χ1v) is 7.97. The summed E-state index contributed by atoms with van der Waals surface area (Å²) in [6, 6.07) is 14.2.